The molecule has 2 fully saturated rings. The number of thiazole rings is 1. The van der Waals surface area contributed by atoms with Crippen LogP contribution >= 0.6 is 36.2 Å². The van der Waals surface area contributed by atoms with Gasteiger partial charge in [0.15, 0.2) is 0 Å². The first-order valence-electron chi connectivity index (χ1n) is 8.56. The SMILES string of the molecule is Cl.Cl.O=C(c1cnc(-c2ccccc2)s1)N1CCC(N2CCNCC2)C1. The van der Waals surface area contributed by atoms with Crippen LogP contribution in [0.15, 0.2) is 36.5 Å². The third kappa shape index (κ3) is 4.56. The van der Waals surface area contributed by atoms with Crippen molar-refractivity contribution in [1.29, 1.82) is 0 Å². The van der Waals surface area contributed by atoms with E-state index in [1.807, 2.05) is 35.2 Å². The summed E-state index contributed by atoms with van der Waals surface area (Å²) in [5.74, 6) is 0.132. The lowest BCUT2D eigenvalue weighted by atomic mass is 10.2. The van der Waals surface area contributed by atoms with Crippen molar-refractivity contribution in [1.82, 2.24) is 20.1 Å². The summed E-state index contributed by atoms with van der Waals surface area (Å²) in [6.07, 6.45) is 2.81. The molecule has 0 aliphatic carbocycles. The number of carbonyl (C=O) groups is 1. The zero-order valence-corrected chi connectivity index (χ0v) is 16.9. The molecule has 2 saturated heterocycles. The van der Waals surface area contributed by atoms with Crippen LogP contribution in [0.2, 0.25) is 0 Å². The van der Waals surface area contributed by atoms with E-state index in [-0.39, 0.29) is 30.7 Å². The number of halogens is 2. The maximum atomic E-state index is 12.8. The molecule has 2 aliphatic heterocycles. The third-order valence-electron chi connectivity index (χ3n) is 4.86. The first-order valence-corrected chi connectivity index (χ1v) is 9.38. The van der Waals surface area contributed by atoms with Gasteiger partial charge in [-0.3, -0.25) is 9.69 Å². The number of likely N-dealkylation sites (tertiary alicyclic amines) is 1. The van der Waals surface area contributed by atoms with E-state index in [2.05, 4.69) is 15.2 Å². The Morgan fingerprint density at radius 2 is 1.85 bits per heavy atom. The standard InChI is InChI=1S/C18H22N4OS.2ClH/c23-18(16-12-20-17(24-16)14-4-2-1-3-5-14)22-9-6-15(13-22)21-10-7-19-8-11-21;;/h1-5,12,15,19H,6-11,13H2;2*1H. The van der Waals surface area contributed by atoms with Gasteiger partial charge < -0.3 is 10.2 Å². The molecule has 0 saturated carbocycles. The average molecular weight is 415 g/mol. The van der Waals surface area contributed by atoms with Crippen LogP contribution in [0.3, 0.4) is 0 Å². The van der Waals surface area contributed by atoms with Gasteiger partial charge in [0.1, 0.15) is 9.88 Å². The number of rotatable bonds is 3. The lowest BCUT2D eigenvalue weighted by molar-refractivity contribution is 0.0778. The van der Waals surface area contributed by atoms with Crippen LogP contribution < -0.4 is 5.32 Å². The Bertz CT molecular complexity index is 706. The molecule has 1 aromatic heterocycles. The van der Waals surface area contributed by atoms with Crippen molar-refractivity contribution in [2.24, 2.45) is 0 Å². The number of nitrogens with zero attached hydrogens (tertiary/aromatic N) is 3. The highest BCUT2D eigenvalue weighted by Crippen LogP contribution is 2.27. The van der Waals surface area contributed by atoms with Gasteiger partial charge in [-0.1, -0.05) is 30.3 Å². The molecule has 0 spiro atoms. The van der Waals surface area contributed by atoms with Crippen LogP contribution in [0.4, 0.5) is 0 Å². The fourth-order valence-electron chi connectivity index (χ4n) is 3.51. The smallest absolute Gasteiger partial charge is 0.265 e. The minimum absolute atomic E-state index is 0. The van der Waals surface area contributed by atoms with Crippen LogP contribution in [0.1, 0.15) is 16.1 Å². The Morgan fingerprint density at radius 1 is 1.12 bits per heavy atom. The van der Waals surface area contributed by atoms with Crippen molar-refractivity contribution < 1.29 is 4.79 Å². The minimum Gasteiger partial charge on any atom is -0.336 e. The molecule has 1 amide bonds. The predicted molar refractivity (Wildman–Crippen MR) is 111 cm³/mol. The summed E-state index contributed by atoms with van der Waals surface area (Å²) >= 11 is 1.49. The molecule has 2 aromatic rings. The fraction of sp³-hybridized carbons (Fsp3) is 0.444. The highest BCUT2D eigenvalue weighted by Gasteiger charge is 2.32. The Balaban J connectivity index is 0.00000121. The number of carbonyl (C=O) groups excluding carboxylic acids is 1. The third-order valence-corrected chi connectivity index (χ3v) is 5.89. The first kappa shape index (κ1) is 21.1. The molecule has 5 nitrogen and oxygen atoms in total. The summed E-state index contributed by atoms with van der Waals surface area (Å²) < 4.78 is 0. The molecule has 26 heavy (non-hydrogen) atoms. The van der Waals surface area contributed by atoms with E-state index in [0.29, 0.717) is 6.04 Å². The van der Waals surface area contributed by atoms with Crippen molar-refractivity contribution in [3.63, 3.8) is 0 Å². The Morgan fingerprint density at radius 3 is 2.58 bits per heavy atom. The van der Waals surface area contributed by atoms with E-state index < -0.39 is 0 Å². The summed E-state index contributed by atoms with van der Waals surface area (Å²) in [6.45, 7) is 5.99. The molecule has 1 atom stereocenters. The number of hydrogen-bond donors (Lipinski definition) is 1. The molecule has 142 valence electrons. The molecule has 3 heterocycles. The summed E-state index contributed by atoms with van der Waals surface area (Å²) in [4.78, 5) is 22.5. The first-order chi connectivity index (χ1) is 11.8. The second kappa shape index (κ2) is 9.67. The lowest BCUT2D eigenvalue weighted by Gasteiger charge is -2.32. The molecule has 8 heteroatoms. The molecule has 1 N–H and O–H groups in total. The number of benzene rings is 1. The second-order valence-corrected chi connectivity index (χ2v) is 7.41. The molecule has 4 rings (SSSR count). The molecule has 0 bridgehead atoms. The Hall–Kier alpha value is -1.18. The van der Waals surface area contributed by atoms with Gasteiger partial charge in [-0.25, -0.2) is 4.98 Å². The van der Waals surface area contributed by atoms with E-state index in [4.69, 9.17) is 0 Å². The van der Waals surface area contributed by atoms with Crippen LogP contribution in [-0.2, 0) is 0 Å². The maximum Gasteiger partial charge on any atom is 0.265 e. The van der Waals surface area contributed by atoms with Gasteiger partial charge in [-0.05, 0) is 6.42 Å². The quantitative estimate of drug-likeness (QED) is 0.838. The Labute approximate surface area is 170 Å². The van der Waals surface area contributed by atoms with Crippen molar-refractivity contribution in [3.05, 3.63) is 41.4 Å². The zero-order valence-electron chi connectivity index (χ0n) is 14.5. The van der Waals surface area contributed by atoms with Gasteiger partial charge in [-0.15, -0.1) is 36.2 Å². The monoisotopic (exact) mass is 414 g/mol. The molecule has 1 aromatic carbocycles. The number of hydrogen-bond acceptors (Lipinski definition) is 5. The van der Waals surface area contributed by atoms with Gasteiger partial charge in [0, 0.05) is 50.9 Å². The summed E-state index contributed by atoms with van der Waals surface area (Å²) in [6, 6.07) is 10.6. The summed E-state index contributed by atoms with van der Waals surface area (Å²) in [5, 5.41) is 4.30. The highest BCUT2D eigenvalue weighted by atomic mass is 35.5. The van der Waals surface area contributed by atoms with Gasteiger partial charge >= 0.3 is 0 Å². The van der Waals surface area contributed by atoms with Crippen molar-refractivity contribution >= 4 is 42.1 Å². The predicted octanol–water partition coefficient (Wildman–Crippen LogP) is 2.77. The highest BCUT2D eigenvalue weighted by molar-refractivity contribution is 7.16. The molecule has 1 unspecified atom stereocenters. The van der Waals surface area contributed by atoms with E-state index in [0.717, 1.165) is 61.1 Å². The topological polar surface area (TPSA) is 48.5 Å². The largest absolute Gasteiger partial charge is 0.336 e. The van der Waals surface area contributed by atoms with Crippen LogP contribution in [0, 0.1) is 0 Å². The van der Waals surface area contributed by atoms with Crippen LogP contribution in [0.5, 0.6) is 0 Å². The number of piperazine rings is 1. The second-order valence-electron chi connectivity index (χ2n) is 6.38. The fourth-order valence-corrected chi connectivity index (χ4v) is 4.40. The van der Waals surface area contributed by atoms with Crippen LogP contribution in [-0.4, -0.2) is 66.0 Å². The summed E-state index contributed by atoms with van der Waals surface area (Å²) in [5.41, 5.74) is 1.07. The molecule has 2 aliphatic rings. The van der Waals surface area contributed by atoms with Crippen molar-refractivity contribution in [3.8, 4) is 10.6 Å². The zero-order chi connectivity index (χ0) is 16.4. The normalized spacial score (nSPS) is 20.3. The van der Waals surface area contributed by atoms with E-state index in [1.165, 1.54) is 11.3 Å². The van der Waals surface area contributed by atoms with Gasteiger partial charge in [-0.2, -0.15) is 0 Å². The van der Waals surface area contributed by atoms with Crippen molar-refractivity contribution in [2.45, 2.75) is 12.5 Å². The Kier molecular flexibility index (Phi) is 7.85. The molecular formula is C18H24Cl2N4OS. The van der Waals surface area contributed by atoms with Crippen LogP contribution in [0.25, 0.3) is 10.6 Å². The van der Waals surface area contributed by atoms with E-state index in [9.17, 15) is 4.79 Å². The summed E-state index contributed by atoms with van der Waals surface area (Å²) in [7, 11) is 0. The average Bonchev–Trinajstić information content (AvgIpc) is 3.33. The van der Waals surface area contributed by atoms with Gasteiger partial charge in [0.05, 0.1) is 6.20 Å². The van der Waals surface area contributed by atoms with Gasteiger partial charge in [0.2, 0.25) is 0 Å². The van der Waals surface area contributed by atoms with Gasteiger partial charge in [0.25, 0.3) is 5.91 Å². The minimum atomic E-state index is 0. The van der Waals surface area contributed by atoms with E-state index >= 15 is 0 Å². The maximum absolute atomic E-state index is 12.8. The number of aromatic nitrogens is 1. The van der Waals surface area contributed by atoms with Crippen molar-refractivity contribution in [2.75, 3.05) is 39.3 Å². The molecular weight excluding hydrogens is 391 g/mol. The lowest BCUT2D eigenvalue weighted by Crippen LogP contribution is -2.49. The number of amides is 1. The number of nitrogens with one attached hydrogen (secondary N) is 1. The molecule has 0 radical (unpaired) electrons. The van der Waals surface area contributed by atoms with E-state index in [1.54, 1.807) is 6.20 Å².